The summed E-state index contributed by atoms with van der Waals surface area (Å²) in [6, 6.07) is 7.86. The van der Waals surface area contributed by atoms with E-state index < -0.39 is 0 Å². The number of aromatic nitrogens is 1. The summed E-state index contributed by atoms with van der Waals surface area (Å²) in [6.07, 6.45) is 1.91. The van der Waals surface area contributed by atoms with Crippen molar-refractivity contribution in [2.75, 3.05) is 30.7 Å². The second-order valence-electron chi connectivity index (χ2n) is 9.83. The van der Waals surface area contributed by atoms with Gasteiger partial charge in [-0.05, 0) is 29.9 Å². The standard InChI is InChI=1S/C25H30N4O3S3/c1-25(2,3)17-6-4-5-7-18(17)26-22(32)19-14-34-23(27-19)16-8-11-28(12-9-16)20(30)10-13-29-21(31)15-35-24(29)33/h4-7,14,16H,8-13,15H2,1-3H3,(H,26,32). The molecule has 2 aromatic rings. The zero-order chi connectivity index (χ0) is 25.2. The number of amides is 3. The highest BCUT2D eigenvalue weighted by atomic mass is 32.2. The van der Waals surface area contributed by atoms with Crippen LogP contribution in [-0.2, 0) is 15.0 Å². The third-order valence-corrected chi connectivity index (χ3v) is 8.76. The van der Waals surface area contributed by atoms with Crippen molar-refractivity contribution in [3.8, 4) is 0 Å². The van der Waals surface area contributed by atoms with Gasteiger partial charge in [0.1, 0.15) is 10.0 Å². The molecular weight excluding hydrogens is 501 g/mol. The Kier molecular flexibility index (Phi) is 7.92. The van der Waals surface area contributed by atoms with Crippen LogP contribution in [0.15, 0.2) is 29.6 Å². The fraction of sp³-hybridized carbons (Fsp3) is 0.480. The van der Waals surface area contributed by atoms with E-state index in [0.29, 0.717) is 35.4 Å². The molecular formula is C25H30N4O3S3. The fourth-order valence-corrected chi connectivity index (χ4v) is 6.44. The first-order valence-corrected chi connectivity index (χ1v) is 14.0. The molecule has 0 unspecified atom stereocenters. The lowest BCUT2D eigenvalue weighted by molar-refractivity contribution is -0.132. The molecule has 0 spiro atoms. The number of likely N-dealkylation sites (tertiary alicyclic amines) is 1. The van der Waals surface area contributed by atoms with Crippen LogP contribution in [0.1, 0.15) is 67.0 Å². The minimum atomic E-state index is -0.204. The van der Waals surface area contributed by atoms with Crippen LogP contribution in [-0.4, -0.2) is 62.2 Å². The molecule has 3 amide bonds. The number of thiocarbonyl (C=S) groups is 1. The van der Waals surface area contributed by atoms with Gasteiger partial charge in [0.25, 0.3) is 5.91 Å². The average Bonchev–Trinajstić information content (AvgIpc) is 3.44. The number of benzene rings is 1. The van der Waals surface area contributed by atoms with E-state index in [1.165, 1.54) is 28.0 Å². The third kappa shape index (κ3) is 6.10. The quantitative estimate of drug-likeness (QED) is 0.548. The van der Waals surface area contributed by atoms with Crippen molar-refractivity contribution in [3.05, 3.63) is 45.9 Å². The molecule has 1 aromatic heterocycles. The molecule has 0 radical (unpaired) electrons. The maximum Gasteiger partial charge on any atom is 0.275 e. The molecule has 2 fully saturated rings. The molecule has 1 aromatic carbocycles. The highest BCUT2D eigenvalue weighted by Crippen LogP contribution is 2.32. The molecule has 35 heavy (non-hydrogen) atoms. The summed E-state index contributed by atoms with van der Waals surface area (Å²) < 4.78 is 0.562. The van der Waals surface area contributed by atoms with Crippen LogP contribution >= 0.6 is 35.3 Å². The number of nitrogens with one attached hydrogen (secondary N) is 1. The molecule has 4 rings (SSSR count). The molecule has 2 aliphatic rings. The Morgan fingerprint density at radius 1 is 1.20 bits per heavy atom. The molecule has 10 heteroatoms. The SMILES string of the molecule is CC(C)(C)c1ccccc1NC(=O)c1csc(C2CCN(C(=O)CCN3C(=O)CSC3=S)CC2)n1. The van der Waals surface area contributed by atoms with E-state index in [1.807, 2.05) is 34.5 Å². The number of anilines is 1. The maximum atomic E-state index is 12.9. The average molecular weight is 531 g/mol. The smallest absolute Gasteiger partial charge is 0.275 e. The molecule has 2 aliphatic heterocycles. The number of hydrogen-bond acceptors (Lipinski definition) is 7. The van der Waals surface area contributed by atoms with Gasteiger partial charge in [0.05, 0.1) is 10.8 Å². The predicted molar refractivity (Wildman–Crippen MR) is 145 cm³/mol. The zero-order valence-corrected chi connectivity index (χ0v) is 22.7. The van der Waals surface area contributed by atoms with Gasteiger partial charge in [-0.1, -0.05) is 63.0 Å². The highest BCUT2D eigenvalue weighted by Gasteiger charge is 2.30. The van der Waals surface area contributed by atoms with Gasteiger partial charge in [0.2, 0.25) is 11.8 Å². The second kappa shape index (κ2) is 10.8. The van der Waals surface area contributed by atoms with Crippen molar-refractivity contribution >= 4 is 63.0 Å². The molecule has 0 aliphatic carbocycles. The summed E-state index contributed by atoms with van der Waals surface area (Å²) in [5.74, 6) is 0.431. The number of carbonyl (C=O) groups is 3. The number of carbonyl (C=O) groups excluding carboxylic acids is 3. The van der Waals surface area contributed by atoms with Crippen molar-refractivity contribution in [1.82, 2.24) is 14.8 Å². The largest absolute Gasteiger partial charge is 0.343 e. The van der Waals surface area contributed by atoms with Crippen LogP contribution in [0.4, 0.5) is 5.69 Å². The van der Waals surface area contributed by atoms with Crippen LogP contribution in [0.5, 0.6) is 0 Å². The van der Waals surface area contributed by atoms with E-state index in [0.717, 1.165) is 29.1 Å². The van der Waals surface area contributed by atoms with Gasteiger partial charge in [-0.15, -0.1) is 11.3 Å². The molecule has 3 heterocycles. The Bertz CT molecular complexity index is 1120. The Hall–Kier alpha value is -2.30. The number of rotatable bonds is 6. The Balaban J connectivity index is 1.30. The molecule has 0 bridgehead atoms. The Morgan fingerprint density at radius 3 is 2.57 bits per heavy atom. The summed E-state index contributed by atoms with van der Waals surface area (Å²) in [5.41, 5.74) is 2.23. The molecule has 1 N–H and O–H groups in total. The molecule has 0 atom stereocenters. The Morgan fingerprint density at radius 2 is 1.91 bits per heavy atom. The summed E-state index contributed by atoms with van der Waals surface area (Å²) >= 11 is 8.04. The minimum Gasteiger partial charge on any atom is -0.343 e. The van der Waals surface area contributed by atoms with Gasteiger partial charge < -0.3 is 10.2 Å². The second-order valence-corrected chi connectivity index (χ2v) is 12.3. The van der Waals surface area contributed by atoms with Crippen molar-refractivity contribution in [3.63, 3.8) is 0 Å². The van der Waals surface area contributed by atoms with Gasteiger partial charge in [0.15, 0.2) is 0 Å². The molecule has 186 valence electrons. The minimum absolute atomic E-state index is 0.0167. The molecule has 7 nitrogen and oxygen atoms in total. The fourth-order valence-electron chi connectivity index (χ4n) is 4.35. The lowest BCUT2D eigenvalue weighted by atomic mass is 9.86. The van der Waals surface area contributed by atoms with Crippen molar-refractivity contribution in [2.45, 2.75) is 51.4 Å². The first-order valence-electron chi connectivity index (χ1n) is 11.7. The van der Waals surface area contributed by atoms with E-state index >= 15 is 0 Å². The van der Waals surface area contributed by atoms with E-state index in [2.05, 4.69) is 31.1 Å². The van der Waals surface area contributed by atoms with E-state index in [-0.39, 0.29) is 35.5 Å². The lowest BCUT2D eigenvalue weighted by Gasteiger charge is -2.31. The van der Waals surface area contributed by atoms with Crippen molar-refractivity contribution in [2.24, 2.45) is 0 Å². The van der Waals surface area contributed by atoms with Crippen LogP contribution in [0.25, 0.3) is 0 Å². The number of piperidine rings is 1. The summed E-state index contributed by atoms with van der Waals surface area (Å²) in [6.45, 7) is 8.02. The van der Waals surface area contributed by atoms with Gasteiger partial charge in [-0.3, -0.25) is 19.3 Å². The molecule has 2 saturated heterocycles. The summed E-state index contributed by atoms with van der Waals surface area (Å²) in [4.78, 5) is 45.4. The van der Waals surface area contributed by atoms with Gasteiger partial charge in [-0.2, -0.15) is 0 Å². The Labute approximate surface area is 219 Å². The lowest BCUT2D eigenvalue weighted by Crippen LogP contribution is -2.40. The number of thiazole rings is 1. The van der Waals surface area contributed by atoms with Gasteiger partial charge in [0, 0.05) is 43.0 Å². The monoisotopic (exact) mass is 530 g/mol. The first kappa shape index (κ1) is 25.8. The van der Waals surface area contributed by atoms with E-state index in [9.17, 15) is 14.4 Å². The number of hydrogen-bond donors (Lipinski definition) is 1. The predicted octanol–water partition coefficient (Wildman–Crippen LogP) is 4.65. The highest BCUT2D eigenvalue weighted by molar-refractivity contribution is 8.23. The zero-order valence-electron chi connectivity index (χ0n) is 20.2. The number of thioether (sulfide) groups is 1. The first-order chi connectivity index (χ1) is 16.6. The maximum absolute atomic E-state index is 12.9. The normalized spacial score (nSPS) is 17.2. The van der Waals surface area contributed by atoms with Gasteiger partial charge >= 0.3 is 0 Å². The topological polar surface area (TPSA) is 82.6 Å². The van der Waals surface area contributed by atoms with E-state index in [1.54, 1.807) is 0 Å². The summed E-state index contributed by atoms with van der Waals surface area (Å²) in [7, 11) is 0. The van der Waals surface area contributed by atoms with Crippen molar-refractivity contribution < 1.29 is 14.4 Å². The number of para-hydroxylation sites is 1. The van der Waals surface area contributed by atoms with Crippen molar-refractivity contribution in [1.29, 1.82) is 0 Å². The third-order valence-electron chi connectivity index (χ3n) is 6.32. The van der Waals surface area contributed by atoms with Crippen LogP contribution in [0.2, 0.25) is 0 Å². The van der Waals surface area contributed by atoms with Crippen LogP contribution < -0.4 is 5.32 Å². The van der Waals surface area contributed by atoms with Gasteiger partial charge in [-0.25, -0.2) is 4.98 Å². The molecule has 0 saturated carbocycles. The number of nitrogens with zero attached hydrogens (tertiary/aromatic N) is 3. The van der Waals surface area contributed by atoms with E-state index in [4.69, 9.17) is 12.2 Å². The van der Waals surface area contributed by atoms with Crippen LogP contribution in [0.3, 0.4) is 0 Å². The van der Waals surface area contributed by atoms with Crippen LogP contribution in [0, 0.1) is 0 Å². The summed E-state index contributed by atoms with van der Waals surface area (Å²) in [5, 5.41) is 5.79.